The molecule has 36 heavy (non-hydrogen) atoms. The van der Waals surface area contributed by atoms with E-state index in [0.717, 1.165) is 51.3 Å². The van der Waals surface area contributed by atoms with Gasteiger partial charge >= 0.3 is 12.2 Å². The number of piperidine rings is 2. The average Bonchev–Trinajstić information content (AvgIpc) is 2.72. The van der Waals surface area contributed by atoms with Gasteiger partial charge in [0.2, 0.25) is 0 Å². The van der Waals surface area contributed by atoms with Gasteiger partial charge in [0, 0.05) is 31.8 Å². The van der Waals surface area contributed by atoms with Gasteiger partial charge in [-0.05, 0) is 92.9 Å². The summed E-state index contributed by atoms with van der Waals surface area (Å²) < 4.78 is 37.4. The summed E-state index contributed by atoms with van der Waals surface area (Å²) in [5, 5.41) is 8.97. The first-order valence-electron chi connectivity index (χ1n) is 13.0. The second kappa shape index (κ2) is 14.4. The Morgan fingerprint density at radius 3 is 1.58 bits per heavy atom. The molecule has 2 fully saturated rings. The summed E-state index contributed by atoms with van der Waals surface area (Å²) >= 11 is 0. The van der Waals surface area contributed by atoms with Crippen molar-refractivity contribution >= 4 is 22.3 Å². The minimum atomic E-state index is -3.43. The Balaban J connectivity index is 0.000000369. The molecule has 0 spiro atoms. The molecule has 2 saturated heterocycles. The van der Waals surface area contributed by atoms with Crippen LogP contribution in [0, 0.1) is 0 Å². The maximum atomic E-state index is 12.1. The summed E-state index contributed by atoms with van der Waals surface area (Å²) in [5.74, 6) is 0. The molecule has 2 aliphatic heterocycles. The van der Waals surface area contributed by atoms with Gasteiger partial charge in [-0.15, -0.1) is 0 Å². The second-order valence-electron chi connectivity index (χ2n) is 11.5. The lowest BCUT2D eigenvalue weighted by Crippen LogP contribution is -2.46. The fraction of sp³-hybridized carbons (Fsp3) is 0.920. The number of rotatable bonds is 6. The molecule has 2 aliphatic rings. The van der Waals surface area contributed by atoms with Crippen molar-refractivity contribution in [2.24, 2.45) is 0 Å². The van der Waals surface area contributed by atoms with Crippen LogP contribution >= 0.6 is 0 Å². The van der Waals surface area contributed by atoms with Crippen molar-refractivity contribution in [3.8, 4) is 0 Å². The summed E-state index contributed by atoms with van der Waals surface area (Å²) in [6.45, 7) is 12.7. The number of carbonyl (C=O) groups excluding carboxylic acids is 2. The van der Waals surface area contributed by atoms with Gasteiger partial charge in [0.05, 0.1) is 12.9 Å². The highest BCUT2D eigenvalue weighted by Gasteiger charge is 2.31. The van der Waals surface area contributed by atoms with Gasteiger partial charge in [0.1, 0.15) is 11.2 Å². The predicted octanol–water partition coefficient (Wildman–Crippen LogP) is 4.30. The van der Waals surface area contributed by atoms with Crippen LogP contribution in [0.4, 0.5) is 9.59 Å². The Morgan fingerprint density at radius 2 is 1.22 bits per heavy atom. The Hall–Kier alpha value is -1.59. The quantitative estimate of drug-likeness (QED) is 0.499. The molecule has 0 radical (unpaired) electrons. The van der Waals surface area contributed by atoms with E-state index in [-0.39, 0.29) is 37.5 Å². The molecule has 1 N–H and O–H groups in total. The lowest BCUT2D eigenvalue weighted by Gasteiger charge is -2.36. The molecule has 2 unspecified atom stereocenters. The van der Waals surface area contributed by atoms with Gasteiger partial charge in [-0.25, -0.2) is 9.59 Å². The Bertz CT molecular complexity index is 787. The third kappa shape index (κ3) is 13.6. The van der Waals surface area contributed by atoms with E-state index in [1.165, 1.54) is 0 Å². The van der Waals surface area contributed by atoms with Crippen LogP contribution < -0.4 is 0 Å². The van der Waals surface area contributed by atoms with E-state index in [4.69, 9.17) is 18.8 Å². The molecule has 0 aromatic heterocycles. The molecule has 0 saturated carbocycles. The molecule has 212 valence electrons. The van der Waals surface area contributed by atoms with Crippen molar-refractivity contribution in [1.82, 2.24) is 9.80 Å². The van der Waals surface area contributed by atoms with Crippen LogP contribution in [0.3, 0.4) is 0 Å². The van der Waals surface area contributed by atoms with E-state index in [1.807, 2.05) is 41.5 Å². The second-order valence-corrected chi connectivity index (χ2v) is 13.1. The van der Waals surface area contributed by atoms with E-state index in [1.54, 1.807) is 9.80 Å². The number of ether oxygens (including phenoxy) is 2. The summed E-state index contributed by atoms with van der Waals surface area (Å²) in [5.41, 5.74) is -0.972. The maximum absolute atomic E-state index is 12.1. The lowest BCUT2D eigenvalue weighted by atomic mass is 10.0. The Morgan fingerprint density at radius 1 is 0.806 bits per heavy atom. The molecular weight excluding hydrogens is 488 g/mol. The van der Waals surface area contributed by atoms with Crippen LogP contribution in [-0.2, 0) is 23.8 Å². The van der Waals surface area contributed by atoms with Gasteiger partial charge in [-0.3, -0.25) is 4.18 Å². The van der Waals surface area contributed by atoms with Gasteiger partial charge in [-0.2, -0.15) is 8.42 Å². The molecule has 0 aliphatic carbocycles. The fourth-order valence-corrected chi connectivity index (χ4v) is 4.61. The molecule has 0 aromatic rings. The molecule has 2 heterocycles. The largest absolute Gasteiger partial charge is 0.444 e. The average molecular weight is 537 g/mol. The van der Waals surface area contributed by atoms with Crippen molar-refractivity contribution < 1.29 is 36.8 Å². The number of amides is 2. The molecule has 2 rings (SSSR count). The molecule has 2 amide bonds. The van der Waals surface area contributed by atoms with Crippen molar-refractivity contribution in [2.75, 3.05) is 32.6 Å². The van der Waals surface area contributed by atoms with Gasteiger partial charge in [0.15, 0.2) is 0 Å². The Labute approximate surface area is 217 Å². The first-order chi connectivity index (χ1) is 16.5. The third-order valence-corrected chi connectivity index (χ3v) is 6.32. The van der Waals surface area contributed by atoms with Crippen molar-refractivity contribution in [1.29, 1.82) is 0 Å². The van der Waals surface area contributed by atoms with Crippen LogP contribution in [0.25, 0.3) is 0 Å². The SMILES string of the molecule is CC(C)(C)OC(=O)N1CCCCC1CCO.CC(C)(C)OC(=O)N1CCCCC1CCOS(C)(=O)=O. The number of carbonyl (C=O) groups is 2. The maximum Gasteiger partial charge on any atom is 0.410 e. The molecule has 2 atom stereocenters. The highest BCUT2D eigenvalue weighted by molar-refractivity contribution is 7.85. The summed E-state index contributed by atoms with van der Waals surface area (Å²) in [6, 6.07) is 0.133. The topological polar surface area (TPSA) is 123 Å². The number of likely N-dealkylation sites (tertiary alicyclic amines) is 2. The van der Waals surface area contributed by atoms with E-state index < -0.39 is 21.3 Å². The number of aliphatic hydroxyl groups is 1. The minimum Gasteiger partial charge on any atom is -0.444 e. The summed E-state index contributed by atoms with van der Waals surface area (Å²) in [4.78, 5) is 27.5. The highest BCUT2D eigenvalue weighted by atomic mass is 32.2. The molecule has 0 bridgehead atoms. The molecule has 11 heteroatoms. The van der Waals surface area contributed by atoms with Gasteiger partial charge in [-0.1, -0.05) is 0 Å². The van der Waals surface area contributed by atoms with Crippen LogP contribution in [-0.4, -0.2) is 91.4 Å². The van der Waals surface area contributed by atoms with Crippen LogP contribution in [0.15, 0.2) is 0 Å². The molecule has 0 aromatic carbocycles. The number of hydrogen-bond acceptors (Lipinski definition) is 8. The van der Waals surface area contributed by atoms with Crippen molar-refractivity contribution in [3.05, 3.63) is 0 Å². The van der Waals surface area contributed by atoms with Crippen molar-refractivity contribution in [2.45, 2.75) is 116 Å². The standard InChI is InChI=1S/C13H25NO5S.C12H23NO3/c1-13(2,3)19-12(15)14-9-6-5-7-11(14)8-10-18-20(4,16)17;1-12(2,3)16-11(15)13-8-5-4-6-10(13)7-9-14/h11H,5-10H2,1-4H3;10,14H,4-9H2,1-3H3. The molecule has 10 nitrogen and oxygen atoms in total. The van der Waals surface area contributed by atoms with Crippen LogP contribution in [0.5, 0.6) is 0 Å². The van der Waals surface area contributed by atoms with Crippen molar-refractivity contribution in [3.63, 3.8) is 0 Å². The number of aliphatic hydroxyl groups excluding tert-OH is 1. The third-order valence-electron chi connectivity index (χ3n) is 5.72. The number of nitrogens with zero attached hydrogens (tertiary/aromatic N) is 2. The van der Waals surface area contributed by atoms with Crippen LogP contribution in [0.2, 0.25) is 0 Å². The van der Waals surface area contributed by atoms with E-state index in [0.29, 0.717) is 19.4 Å². The summed E-state index contributed by atoms with van der Waals surface area (Å²) in [6.07, 6.45) is 7.57. The summed E-state index contributed by atoms with van der Waals surface area (Å²) in [7, 11) is -3.43. The number of hydrogen-bond donors (Lipinski definition) is 1. The normalized spacial score (nSPS) is 21.3. The van der Waals surface area contributed by atoms with Gasteiger partial charge in [0.25, 0.3) is 10.1 Å². The monoisotopic (exact) mass is 536 g/mol. The zero-order chi connectivity index (χ0) is 27.6. The predicted molar refractivity (Wildman–Crippen MR) is 138 cm³/mol. The van der Waals surface area contributed by atoms with E-state index in [9.17, 15) is 18.0 Å². The minimum absolute atomic E-state index is 0.0136. The van der Waals surface area contributed by atoms with E-state index >= 15 is 0 Å². The first kappa shape index (κ1) is 32.4. The molecular formula is C25H48N2O8S. The van der Waals surface area contributed by atoms with E-state index in [2.05, 4.69) is 0 Å². The van der Waals surface area contributed by atoms with Crippen LogP contribution in [0.1, 0.15) is 92.9 Å². The zero-order valence-corrected chi connectivity index (χ0v) is 24.1. The fourth-order valence-electron chi connectivity index (χ4n) is 4.21. The first-order valence-corrected chi connectivity index (χ1v) is 14.8. The smallest absolute Gasteiger partial charge is 0.410 e. The lowest BCUT2D eigenvalue weighted by molar-refractivity contribution is 0.00616. The zero-order valence-electron chi connectivity index (χ0n) is 23.2. The van der Waals surface area contributed by atoms with Gasteiger partial charge < -0.3 is 24.4 Å². The Kier molecular flexibility index (Phi) is 13.0. The highest BCUT2D eigenvalue weighted by Crippen LogP contribution is 2.23.